The Hall–Kier alpha value is -0.890. The summed E-state index contributed by atoms with van der Waals surface area (Å²) in [5.41, 5.74) is 2.46. The number of rotatable bonds is 0. The van der Waals surface area contributed by atoms with Gasteiger partial charge >= 0.3 is 0 Å². The summed E-state index contributed by atoms with van der Waals surface area (Å²) >= 11 is 1.86. The topological polar surface area (TPSA) is 3.24 Å². The van der Waals surface area contributed by atoms with Crippen molar-refractivity contribution in [1.29, 1.82) is 0 Å². The summed E-state index contributed by atoms with van der Waals surface area (Å²) < 4.78 is 0. The van der Waals surface area contributed by atoms with Crippen molar-refractivity contribution in [3.05, 3.63) is 36.5 Å². The van der Waals surface area contributed by atoms with Crippen molar-refractivity contribution in [1.82, 2.24) is 0 Å². The molecule has 0 aromatic heterocycles. The highest BCUT2D eigenvalue weighted by atomic mass is 32.2. The van der Waals surface area contributed by atoms with Gasteiger partial charge in [-0.3, -0.25) is 0 Å². The number of hydrogen-bond acceptors (Lipinski definition) is 2. The average Bonchev–Trinajstić information content (AvgIpc) is 2.12. The number of para-hydroxylation sites is 1. The predicted octanol–water partition coefficient (Wildman–Crippen LogP) is 2.74. The molecular weight excluding hydrogens is 166 g/mol. The average molecular weight is 177 g/mol. The molecule has 0 N–H and O–H groups in total. The van der Waals surface area contributed by atoms with Crippen LogP contribution in [0.1, 0.15) is 0 Å². The third-order valence-electron chi connectivity index (χ3n) is 2.10. The van der Waals surface area contributed by atoms with Gasteiger partial charge in [0.2, 0.25) is 0 Å². The van der Waals surface area contributed by atoms with Gasteiger partial charge in [-0.1, -0.05) is 18.7 Å². The molecule has 0 saturated carbocycles. The molecule has 2 heteroatoms. The monoisotopic (exact) mass is 177 g/mol. The molecule has 0 aliphatic carbocycles. The van der Waals surface area contributed by atoms with E-state index >= 15 is 0 Å². The van der Waals surface area contributed by atoms with E-state index in [1.54, 1.807) is 0 Å². The van der Waals surface area contributed by atoms with Gasteiger partial charge in [0.15, 0.2) is 0 Å². The van der Waals surface area contributed by atoms with E-state index in [0.29, 0.717) is 0 Å². The molecular formula is C10H11NS. The Morgan fingerprint density at radius 1 is 1.42 bits per heavy atom. The first-order valence-electron chi connectivity index (χ1n) is 3.92. The number of anilines is 1. The van der Waals surface area contributed by atoms with Gasteiger partial charge in [0.25, 0.3) is 0 Å². The van der Waals surface area contributed by atoms with Gasteiger partial charge in [0, 0.05) is 23.4 Å². The van der Waals surface area contributed by atoms with Gasteiger partial charge in [-0.2, -0.15) is 0 Å². The molecule has 1 aliphatic rings. The molecule has 1 aromatic carbocycles. The largest absolute Gasteiger partial charge is 0.347 e. The van der Waals surface area contributed by atoms with E-state index in [9.17, 15) is 0 Å². The van der Waals surface area contributed by atoms with Crippen molar-refractivity contribution in [2.24, 2.45) is 0 Å². The molecule has 0 spiro atoms. The molecule has 62 valence electrons. The van der Waals surface area contributed by atoms with Gasteiger partial charge < -0.3 is 4.90 Å². The van der Waals surface area contributed by atoms with Crippen LogP contribution >= 0.6 is 11.8 Å². The maximum Gasteiger partial charge on any atom is 0.0543 e. The van der Waals surface area contributed by atoms with Crippen LogP contribution in [0.2, 0.25) is 0 Å². The normalized spacial score (nSPS) is 16.1. The van der Waals surface area contributed by atoms with Crippen molar-refractivity contribution < 1.29 is 0 Å². The second kappa shape index (κ2) is 2.87. The number of hydrogen-bond donors (Lipinski definition) is 0. The second-order valence-electron chi connectivity index (χ2n) is 2.88. The Balaban J connectivity index is 2.48. The van der Waals surface area contributed by atoms with E-state index in [-0.39, 0.29) is 0 Å². The number of benzene rings is 1. The molecule has 0 radical (unpaired) electrons. The van der Waals surface area contributed by atoms with Crippen molar-refractivity contribution >= 4 is 17.4 Å². The van der Waals surface area contributed by atoms with Gasteiger partial charge in [-0.25, -0.2) is 0 Å². The predicted molar refractivity (Wildman–Crippen MR) is 54.7 cm³/mol. The van der Waals surface area contributed by atoms with Crippen LogP contribution in [0.15, 0.2) is 41.4 Å². The minimum Gasteiger partial charge on any atom is -0.347 e. The van der Waals surface area contributed by atoms with Crippen molar-refractivity contribution in [2.75, 3.05) is 17.7 Å². The van der Waals surface area contributed by atoms with Crippen molar-refractivity contribution in [2.45, 2.75) is 4.90 Å². The highest BCUT2D eigenvalue weighted by Gasteiger charge is 2.15. The van der Waals surface area contributed by atoms with Gasteiger partial charge in [-0.15, -0.1) is 11.8 Å². The van der Waals surface area contributed by atoms with Gasteiger partial charge in [0.1, 0.15) is 0 Å². The molecule has 1 aromatic rings. The highest BCUT2D eigenvalue weighted by Crippen LogP contribution is 2.36. The van der Waals surface area contributed by atoms with E-state index in [1.165, 1.54) is 16.3 Å². The van der Waals surface area contributed by atoms with Crippen LogP contribution in [0.5, 0.6) is 0 Å². The fourth-order valence-electron chi connectivity index (χ4n) is 1.28. The van der Waals surface area contributed by atoms with Crippen LogP contribution < -0.4 is 4.90 Å². The number of fused-ring (bicyclic) bond motifs is 1. The summed E-state index contributed by atoms with van der Waals surface area (Å²) in [6.45, 7) is 4.00. The first kappa shape index (κ1) is 7.74. The maximum absolute atomic E-state index is 4.00. The zero-order valence-electron chi connectivity index (χ0n) is 7.08. The van der Waals surface area contributed by atoms with E-state index in [0.717, 1.165) is 5.75 Å². The highest BCUT2D eigenvalue weighted by molar-refractivity contribution is 7.99. The molecule has 0 amide bonds. The minimum absolute atomic E-state index is 1.01. The number of nitrogens with zero attached hydrogens (tertiary/aromatic N) is 1. The van der Waals surface area contributed by atoms with Crippen LogP contribution in [0.25, 0.3) is 0 Å². The van der Waals surface area contributed by atoms with Crippen LogP contribution in [0.3, 0.4) is 0 Å². The van der Waals surface area contributed by atoms with E-state index in [2.05, 4.69) is 42.8 Å². The van der Waals surface area contributed by atoms with Crippen LogP contribution in [0, 0.1) is 0 Å². The fraction of sp³-hybridized carbons (Fsp3) is 0.200. The quantitative estimate of drug-likeness (QED) is 0.599. The fourth-order valence-corrected chi connectivity index (χ4v) is 2.33. The first-order valence-corrected chi connectivity index (χ1v) is 4.91. The Morgan fingerprint density at radius 2 is 2.17 bits per heavy atom. The first-order chi connectivity index (χ1) is 5.79. The lowest BCUT2D eigenvalue weighted by Crippen LogP contribution is -2.20. The van der Waals surface area contributed by atoms with Crippen LogP contribution in [0.4, 0.5) is 5.69 Å². The molecule has 12 heavy (non-hydrogen) atoms. The molecule has 0 atom stereocenters. The number of thioether (sulfide) groups is 1. The van der Waals surface area contributed by atoms with Crippen molar-refractivity contribution in [3.8, 4) is 0 Å². The molecule has 0 bridgehead atoms. The summed E-state index contributed by atoms with van der Waals surface area (Å²) in [6, 6.07) is 8.43. The molecule has 2 rings (SSSR count). The summed E-state index contributed by atoms with van der Waals surface area (Å²) in [4.78, 5) is 3.51. The smallest absolute Gasteiger partial charge is 0.0543 e. The lowest BCUT2D eigenvalue weighted by Gasteiger charge is -2.28. The van der Waals surface area contributed by atoms with Crippen molar-refractivity contribution in [3.63, 3.8) is 0 Å². The summed E-state index contributed by atoms with van der Waals surface area (Å²) in [5, 5.41) is 0. The molecule has 1 heterocycles. The molecule has 0 fully saturated rings. The zero-order valence-corrected chi connectivity index (χ0v) is 7.90. The van der Waals surface area contributed by atoms with E-state index < -0.39 is 0 Å². The third kappa shape index (κ3) is 1.12. The Bertz CT molecular complexity index is 319. The second-order valence-corrected chi connectivity index (χ2v) is 3.90. The Labute approximate surface area is 77.1 Å². The minimum atomic E-state index is 1.01. The van der Waals surface area contributed by atoms with Crippen LogP contribution in [-0.4, -0.2) is 12.8 Å². The maximum atomic E-state index is 4.00. The Kier molecular flexibility index (Phi) is 1.85. The SMILES string of the molecule is C=C1CSc2ccccc2N1C. The van der Waals surface area contributed by atoms with Gasteiger partial charge in [-0.05, 0) is 12.1 Å². The summed E-state index contributed by atoms with van der Waals surface area (Å²) in [7, 11) is 2.07. The molecule has 1 nitrogen and oxygen atoms in total. The zero-order chi connectivity index (χ0) is 8.55. The molecule has 0 unspecified atom stereocenters. The summed E-state index contributed by atoms with van der Waals surface area (Å²) in [6.07, 6.45) is 0. The standard InChI is InChI=1S/C10H11NS/c1-8-7-12-10-6-4-3-5-9(10)11(8)2/h3-6H,1,7H2,2H3. The summed E-state index contributed by atoms with van der Waals surface area (Å²) in [5.74, 6) is 1.01. The molecule has 0 saturated heterocycles. The lowest BCUT2D eigenvalue weighted by atomic mass is 10.3. The lowest BCUT2D eigenvalue weighted by molar-refractivity contribution is 1.06. The van der Waals surface area contributed by atoms with E-state index in [4.69, 9.17) is 0 Å². The van der Waals surface area contributed by atoms with E-state index in [1.807, 2.05) is 11.8 Å². The Morgan fingerprint density at radius 3 is 3.00 bits per heavy atom. The molecule has 1 aliphatic heterocycles. The van der Waals surface area contributed by atoms with Crippen LogP contribution in [-0.2, 0) is 0 Å². The van der Waals surface area contributed by atoms with Gasteiger partial charge in [0.05, 0.1) is 5.69 Å². The third-order valence-corrected chi connectivity index (χ3v) is 3.23.